The van der Waals surface area contributed by atoms with E-state index >= 15 is 0 Å². The van der Waals surface area contributed by atoms with Crippen molar-refractivity contribution in [3.63, 3.8) is 0 Å². The fourth-order valence-corrected chi connectivity index (χ4v) is 3.41. The fraction of sp³-hybridized carbons (Fsp3) is 0.533. The zero-order chi connectivity index (χ0) is 12.8. The van der Waals surface area contributed by atoms with Gasteiger partial charge in [0.2, 0.25) is 0 Å². The molecule has 1 aromatic rings. The molecule has 2 aliphatic rings. The molecule has 1 aliphatic carbocycles. The number of nitrogens with one attached hydrogen (secondary N) is 1. The lowest BCUT2D eigenvalue weighted by molar-refractivity contribution is -0.141. The van der Waals surface area contributed by atoms with E-state index < -0.39 is 5.60 Å². The summed E-state index contributed by atoms with van der Waals surface area (Å²) in [4.78, 5) is 12.2. The Labute approximate surface area is 107 Å². The number of aliphatic hydroxyl groups is 1. The Morgan fingerprint density at radius 2 is 2.00 bits per heavy atom. The Hall–Kier alpha value is -1.35. The molecule has 1 heterocycles. The highest BCUT2D eigenvalue weighted by molar-refractivity contribution is 6.05. The number of hydrogen-bond acceptors (Lipinski definition) is 2. The molecular weight excluding hydrogens is 226 g/mol. The Morgan fingerprint density at radius 3 is 2.72 bits per heavy atom. The van der Waals surface area contributed by atoms with Crippen molar-refractivity contribution in [1.82, 2.24) is 0 Å². The summed E-state index contributed by atoms with van der Waals surface area (Å²) in [7, 11) is 0. The zero-order valence-electron chi connectivity index (χ0n) is 10.7. The van der Waals surface area contributed by atoms with Crippen molar-refractivity contribution in [3.8, 4) is 0 Å². The molecule has 1 saturated carbocycles. The molecule has 0 saturated heterocycles. The maximum atomic E-state index is 12.2. The second kappa shape index (κ2) is 4.09. The molecule has 0 bridgehead atoms. The van der Waals surface area contributed by atoms with Crippen LogP contribution in [0.25, 0.3) is 0 Å². The SMILES string of the molecule is Cc1cccc2c1NC(=O)C2(O)C1CCCCC1. The first kappa shape index (κ1) is 11.7. The van der Waals surface area contributed by atoms with Crippen LogP contribution in [0.15, 0.2) is 18.2 Å². The smallest absolute Gasteiger partial charge is 0.261 e. The van der Waals surface area contributed by atoms with Gasteiger partial charge >= 0.3 is 0 Å². The summed E-state index contributed by atoms with van der Waals surface area (Å²) in [5, 5.41) is 13.8. The van der Waals surface area contributed by atoms with Gasteiger partial charge in [0, 0.05) is 11.5 Å². The van der Waals surface area contributed by atoms with Gasteiger partial charge in [0.1, 0.15) is 0 Å². The maximum Gasteiger partial charge on any atom is 0.261 e. The normalized spacial score (nSPS) is 28.0. The molecule has 1 atom stereocenters. The molecule has 0 spiro atoms. The predicted octanol–water partition coefficient (Wildman–Crippen LogP) is 2.72. The molecule has 2 N–H and O–H groups in total. The Bertz CT molecular complexity index is 491. The number of benzene rings is 1. The molecule has 1 fully saturated rings. The van der Waals surface area contributed by atoms with Crippen molar-refractivity contribution in [2.24, 2.45) is 5.92 Å². The summed E-state index contributed by atoms with van der Waals surface area (Å²) < 4.78 is 0. The quantitative estimate of drug-likeness (QED) is 0.799. The van der Waals surface area contributed by atoms with Gasteiger partial charge in [-0.2, -0.15) is 0 Å². The number of amides is 1. The fourth-order valence-electron chi connectivity index (χ4n) is 3.41. The zero-order valence-corrected chi connectivity index (χ0v) is 10.7. The van der Waals surface area contributed by atoms with E-state index in [0.29, 0.717) is 0 Å². The lowest BCUT2D eigenvalue weighted by Gasteiger charge is -2.33. The summed E-state index contributed by atoms with van der Waals surface area (Å²) in [6.45, 7) is 1.96. The topological polar surface area (TPSA) is 49.3 Å². The summed E-state index contributed by atoms with van der Waals surface area (Å²) >= 11 is 0. The summed E-state index contributed by atoms with van der Waals surface area (Å²) in [5.41, 5.74) is 1.31. The Kier molecular flexibility index (Phi) is 2.67. The van der Waals surface area contributed by atoms with Crippen LogP contribution in [-0.2, 0) is 10.4 Å². The van der Waals surface area contributed by atoms with E-state index in [-0.39, 0.29) is 11.8 Å². The molecule has 3 nitrogen and oxygen atoms in total. The molecule has 3 rings (SSSR count). The molecule has 96 valence electrons. The first-order valence-corrected chi connectivity index (χ1v) is 6.78. The molecule has 0 radical (unpaired) electrons. The molecule has 3 heteroatoms. The third kappa shape index (κ3) is 1.50. The third-order valence-electron chi connectivity index (χ3n) is 4.46. The number of hydrogen-bond donors (Lipinski definition) is 2. The Balaban J connectivity index is 2.07. The average Bonchev–Trinajstić information content (AvgIpc) is 2.66. The molecule has 1 amide bonds. The highest BCUT2D eigenvalue weighted by Crippen LogP contribution is 2.47. The van der Waals surface area contributed by atoms with E-state index in [2.05, 4.69) is 5.32 Å². The molecule has 18 heavy (non-hydrogen) atoms. The molecule has 1 aliphatic heterocycles. The molecule has 0 aromatic heterocycles. The number of carbonyl (C=O) groups is 1. The van der Waals surface area contributed by atoms with Gasteiger partial charge < -0.3 is 10.4 Å². The van der Waals surface area contributed by atoms with E-state index in [1.807, 2.05) is 25.1 Å². The predicted molar refractivity (Wildman–Crippen MR) is 70.3 cm³/mol. The largest absolute Gasteiger partial charge is 0.375 e. The number of aryl methyl sites for hydroxylation is 1. The van der Waals surface area contributed by atoms with Gasteiger partial charge in [0.05, 0.1) is 5.69 Å². The molecule has 1 aromatic carbocycles. The van der Waals surface area contributed by atoms with Crippen molar-refractivity contribution in [2.75, 3.05) is 5.32 Å². The first-order chi connectivity index (χ1) is 8.64. The van der Waals surface area contributed by atoms with Crippen molar-refractivity contribution < 1.29 is 9.90 Å². The second-order valence-corrected chi connectivity index (χ2v) is 5.55. The molecular formula is C15H19NO2. The number of fused-ring (bicyclic) bond motifs is 1. The van der Waals surface area contributed by atoms with Crippen LogP contribution < -0.4 is 5.32 Å². The van der Waals surface area contributed by atoms with E-state index in [4.69, 9.17) is 0 Å². The summed E-state index contributed by atoms with van der Waals surface area (Å²) in [6, 6.07) is 5.77. The van der Waals surface area contributed by atoms with Gasteiger partial charge in [-0.25, -0.2) is 0 Å². The van der Waals surface area contributed by atoms with Crippen LogP contribution in [0.5, 0.6) is 0 Å². The van der Waals surface area contributed by atoms with Crippen molar-refractivity contribution >= 4 is 11.6 Å². The van der Waals surface area contributed by atoms with Gasteiger partial charge in [-0.3, -0.25) is 4.79 Å². The van der Waals surface area contributed by atoms with Crippen LogP contribution in [0.2, 0.25) is 0 Å². The van der Waals surface area contributed by atoms with E-state index in [9.17, 15) is 9.90 Å². The minimum Gasteiger partial charge on any atom is -0.375 e. The van der Waals surface area contributed by atoms with Crippen LogP contribution in [0.1, 0.15) is 43.2 Å². The number of carbonyl (C=O) groups excluding carboxylic acids is 1. The van der Waals surface area contributed by atoms with Crippen LogP contribution in [0.3, 0.4) is 0 Å². The number of anilines is 1. The minimum atomic E-state index is -1.30. The van der Waals surface area contributed by atoms with Crippen LogP contribution >= 0.6 is 0 Å². The van der Waals surface area contributed by atoms with Crippen molar-refractivity contribution in [2.45, 2.75) is 44.6 Å². The minimum absolute atomic E-state index is 0.0642. The van der Waals surface area contributed by atoms with Crippen LogP contribution in [-0.4, -0.2) is 11.0 Å². The van der Waals surface area contributed by atoms with E-state index in [1.54, 1.807) is 0 Å². The molecule has 1 unspecified atom stereocenters. The second-order valence-electron chi connectivity index (χ2n) is 5.55. The van der Waals surface area contributed by atoms with Gasteiger partial charge in [-0.1, -0.05) is 37.5 Å². The van der Waals surface area contributed by atoms with Crippen molar-refractivity contribution in [1.29, 1.82) is 0 Å². The summed E-state index contributed by atoms with van der Waals surface area (Å²) in [6.07, 6.45) is 5.33. The Morgan fingerprint density at radius 1 is 1.28 bits per heavy atom. The lowest BCUT2D eigenvalue weighted by Crippen LogP contribution is -2.42. The third-order valence-corrected chi connectivity index (χ3v) is 4.46. The summed E-state index contributed by atoms with van der Waals surface area (Å²) in [5.74, 6) is -0.173. The van der Waals surface area contributed by atoms with Crippen LogP contribution in [0, 0.1) is 12.8 Å². The highest BCUT2D eigenvalue weighted by Gasteiger charge is 2.51. The lowest BCUT2D eigenvalue weighted by atomic mass is 9.74. The monoisotopic (exact) mass is 245 g/mol. The van der Waals surface area contributed by atoms with Crippen LogP contribution in [0.4, 0.5) is 5.69 Å². The van der Waals surface area contributed by atoms with Gasteiger partial charge in [-0.05, 0) is 25.3 Å². The van der Waals surface area contributed by atoms with E-state index in [1.165, 1.54) is 6.42 Å². The van der Waals surface area contributed by atoms with Gasteiger partial charge in [0.25, 0.3) is 5.91 Å². The van der Waals surface area contributed by atoms with Gasteiger partial charge in [0.15, 0.2) is 5.60 Å². The van der Waals surface area contributed by atoms with Crippen molar-refractivity contribution in [3.05, 3.63) is 29.3 Å². The van der Waals surface area contributed by atoms with E-state index in [0.717, 1.165) is 42.5 Å². The maximum absolute atomic E-state index is 12.2. The van der Waals surface area contributed by atoms with Gasteiger partial charge in [-0.15, -0.1) is 0 Å². The average molecular weight is 245 g/mol. The number of para-hydroxylation sites is 1. The number of rotatable bonds is 1. The standard InChI is InChI=1S/C15H19NO2/c1-10-6-5-9-12-13(10)16-14(17)15(12,18)11-7-3-2-4-8-11/h5-6,9,11,18H,2-4,7-8H2,1H3,(H,16,17). The first-order valence-electron chi connectivity index (χ1n) is 6.78. The highest BCUT2D eigenvalue weighted by atomic mass is 16.3.